The molecule has 0 spiro atoms. The Labute approximate surface area is 222 Å². The minimum absolute atomic E-state index is 0.0126. The summed E-state index contributed by atoms with van der Waals surface area (Å²) < 4.78 is 3.69. The second kappa shape index (κ2) is 8.80. The van der Waals surface area contributed by atoms with Crippen molar-refractivity contribution in [2.24, 2.45) is 0 Å². The van der Waals surface area contributed by atoms with E-state index in [1.54, 1.807) is 10.6 Å². The summed E-state index contributed by atoms with van der Waals surface area (Å²) in [5.74, 6) is 0.603. The zero-order valence-electron chi connectivity index (χ0n) is 22.1. The van der Waals surface area contributed by atoms with Gasteiger partial charge in [0.1, 0.15) is 0 Å². The molecule has 5 heteroatoms. The van der Waals surface area contributed by atoms with E-state index in [-0.39, 0.29) is 23.7 Å². The fourth-order valence-electron chi connectivity index (χ4n) is 5.95. The molecule has 0 saturated carbocycles. The van der Waals surface area contributed by atoms with Gasteiger partial charge in [-0.25, -0.2) is 9.36 Å². The molecule has 1 aliphatic heterocycles. The summed E-state index contributed by atoms with van der Waals surface area (Å²) in [6.45, 7) is 6.36. The minimum atomic E-state index is -0.279. The van der Waals surface area contributed by atoms with Crippen molar-refractivity contribution in [3.8, 4) is 0 Å². The number of carbonyl (C=O) groups is 2. The molecule has 5 nitrogen and oxygen atoms in total. The van der Waals surface area contributed by atoms with Gasteiger partial charge in [0.05, 0.1) is 5.56 Å². The number of imidazole rings is 1. The molecule has 0 aliphatic carbocycles. The summed E-state index contributed by atoms with van der Waals surface area (Å²) in [5.41, 5.74) is 5.30. The Morgan fingerprint density at radius 1 is 0.868 bits per heavy atom. The van der Waals surface area contributed by atoms with Crippen LogP contribution in [0.5, 0.6) is 0 Å². The van der Waals surface area contributed by atoms with Crippen LogP contribution in [0.25, 0.3) is 21.8 Å². The van der Waals surface area contributed by atoms with E-state index in [1.165, 1.54) is 5.56 Å². The molecule has 0 saturated heterocycles. The first kappa shape index (κ1) is 23.9. The van der Waals surface area contributed by atoms with E-state index in [0.717, 1.165) is 39.0 Å². The molecule has 0 amide bonds. The SMILES string of the molecule is Cc1n(C(=O)c2cccc3ccccc23)c2ccccc2[n+]1CC(=O)/C=C1\N(C)c2ccccc2C1(C)C. The zero-order chi connectivity index (χ0) is 26.6. The fraction of sp³-hybridized carbons (Fsp3) is 0.182. The average Bonchev–Trinajstić information content (AvgIpc) is 3.31. The Bertz CT molecular complexity index is 1790. The van der Waals surface area contributed by atoms with Crippen molar-refractivity contribution in [1.29, 1.82) is 0 Å². The van der Waals surface area contributed by atoms with Crippen molar-refractivity contribution in [1.82, 2.24) is 4.57 Å². The molecule has 1 aliphatic rings. The molecule has 0 N–H and O–H groups in total. The number of nitrogens with zero attached hydrogens (tertiary/aromatic N) is 3. The topological polar surface area (TPSA) is 46.2 Å². The molecule has 1 aromatic heterocycles. The lowest BCUT2D eigenvalue weighted by Crippen LogP contribution is -2.41. The van der Waals surface area contributed by atoms with Crippen LogP contribution in [-0.4, -0.2) is 23.3 Å². The summed E-state index contributed by atoms with van der Waals surface area (Å²) in [5, 5.41) is 1.93. The summed E-state index contributed by atoms with van der Waals surface area (Å²) in [7, 11) is 2.01. The largest absolute Gasteiger partial charge is 0.347 e. The van der Waals surface area contributed by atoms with Gasteiger partial charge in [0.25, 0.3) is 5.82 Å². The van der Waals surface area contributed by atoms with Crippen LogP contribution in [-0.2, 0) is 16.8 Å². The maximum Gasteiger partial charge on any atom is 0.346 e. The number of carbonyl (C=O) groups excluding carboxylic acids is 2. The van der Waals surface area contributed by atoms with Gasteiger partial charge < -0.3 is 4.90 Å². The highest BCUT2D eigenvalue weighted by molar-refractivity contribution is 6.10. The number of para-hydroxylation sites is 3. The first-order valence-corrected chi connectivity index (χ1v) is 12.9. The lowest BCUT2D eigenvalue weighted by Gasteiger charge is -2.23. The molecule has 188 valence electrons. The highest BCUT2D eigenvalue weighted by Crippen LogP contribution is 2.46. The van der Waals surface area contributed by atoms with Crippen LogP contribution in [0.15, 0.2) is 103 Å². The third kappa shape index (κ3) is 3.58. The highest BCUT2D eigenvalue weighted by Gasteiger charge is 2.39. The number of ketones is 1. The van der Waals surface area contributed by atoms with Crippen molar-refractivity contribution in [2.75, 3.05) is 11.9 Å². The molecule has 0 bridgehead atoms. The summed E-state index contributed by atoms with van der Waals surface area (Å²) >= 11 is 0. The first-order chi connectivity index (χ1) is 18.3. The quantitative estimate of drug-likeness (QED) is 0.226. The smallest absolute Gasteiger partial charge is 0.346 e. The van der Waals surface area contributed by atoms with Crippen LogP contribution < -0.4 is 9.47 Å². The van der Waals surface area contributed by atoms with Crippen molar-refractivity contribution < 1.29 is 14.2 Å². The normalized spacial score (nSPS) is 15.4. The van der Waals surface area contributed by atoms with E-state index < -0.39 is 0 Å². The molecule has 0 unspecified atom stereocenters. The molecule has 6 rings (SSSR count). The van der Waals surface area contributed by atoms with Crippen molar-refractivity contribution in [3.05, 3.63) is 120 Å². The van der Waals surface area contributed by atoms with Crippen molar-refractivity contribution in [2.45, 2.75) is 32.7 Å². The Kier molecular flexibility index (Phi) is 5.53. The minimum Gasteiger partial charge on any atom is -0.347 e. The summed E-state index contributed by atoms with van der Waals surface area (Å²) in [6, 6.07) is 29.8. The van der Waals surface area contributed by atoms with Gasteiger partial charge in [-0.2, -0.15) is 4.57 Å². The molecule has 0 atom stereocenters. The monoisotopic (exact) mass is 500 g/mol. The van der Waals surface area contributed by atoms with Crippen LogP contribution in [0.4, 0.5) is 5.69 Å². The predicted molar refractivity (Wildman–Crippen MR) is 152 cm³/mol. The van der Waals surface area contributed by atoms with E-state index in [1.807, 2.05) is 97.4 Å². The summed E-state index contributed by atoms with van der Waals surface area (Å²) in [4.78, 5) is 29.6. The van der Waals surface area contributed by atoms with Gasteiger partial charge >= 0.3 is 5.91 Å². The molecule has 4 aromatic carbocycles. The number of anilines is 1. The molecule has 2 heterocycles. The second-order valence-electron chi connectivity index (χ2n) is 10.5. The maximum absolute atomic E-state index is 14.0. The molecule has 0 fully saturated rings. The van der Waals surface area contributed by atoms with E-state index in [4.69, 9.17) is 0 Å². The predicted octanol–water partition coefficient (Wildman–Crippen LogP) is 5.96. The lowest BCUT2D eigenvalue weighted by molar-refractivity contribution is -0.664. The number of benzene rings is 4. The Morgan fingerprint density at radius 3 is 2.37 bits per heavy atom. The standard InChI is InChI=1S/C33H30N3O2/c1-22-35(21-24(37)20-31-33(2,3)27-16-7-8-17-28(27)34(31)4)29-18-9-10-19-30(29)36(22)32(38)26-15-11-13-23-12-5-6-14-25(23)26/h5-20H,21H2,1-4H3/q+1/b31-20-. The van der Waals surface area contributed by atoms with Gasteiger partial charge in [-0.3, -0.25) is 4.79 Å². The molecular formula is C33H30N3O2+. The number of allylic oxidation sites excluding steroid dienone is 2. The highest BCUT2D eigenvalue weighted by atomic mass is 16.2. The van der Waals surface area contributed by atoms with E-state index >= 15 is 0 Å². The number of hydrogen-bond donors (Lipinski definition) is 0. The number of rotatable bonds is 4. The number of likely N-dealkylation sites (N-methyl/N-ethyl adjacent to an activating group) is 1. The van der Waals surface area contributed by atoms with Gasteiger partial charge in [-0.15, -0.1) is 0 Å². The summed E-state index contributed by atoms with van der Waals surface area (Å²) in [6.07, 6.45) is 1.77. The fourth-order valence-corrected chi connectivity index (χ4v) is 5.95. The molecule has 38 heavy (non-hydrogen) atoms. The van der Waals surface area contributed by atoms with Gasteiger partial charge in [0, 0.05) is 36.8 Å². The van der Waals surface area contributed by atoms with E-state index in [9.17, 15) is 9.59 Å². The zero-order valence-corrected chi connectivity index (χ0v) is 22.1. The van der Waals surface area contributed by atoms with Gasteiger partial charge in [0.2, 0.25) is 0 Å². The average molecular weight is 501 g/mol. The first-order valence-electron chi connectivity index (χ1n) is 12.9. The van der Waals surface area contributed by atoms with Crippen LogP contribution in [0.2, 0.25) is 0 Å². The van der Waals surface area contributed by atoms with Crippen molar-refractivity contribution >= 4 is 39.2 Å². The van der Waals surface area contributed by atoms with E-state index in [2.05, 4.69) is 30.9 Å². The van der Waals surface area contributed by atoms with Gasteiger partial charge in [0.15, 0.2) is 23.4 Å². The Hall–Kier alpha value is -4.51. The molecular weight excluding hydrogens is 470 g/mol. The van der Waals surface area contributed by atoms with Crippen molar-refractivity contribution in [3.63, 3.8) is 0 Å². The number of fused-ring (bicyclic) bond motifs is 3. The molecule has 0 radical (unpaired) electrons. The number of aromatic nitrogens is 2. The maximum atomic E-state index is 14.0. The van der Waals surface area contributed by atoms with E-state index in [0.29, 0.717) is 5.56 Å². The van der Waals surface area contributed by atoms with Crippen LogP contribution in [0.1, 0.15) is 35.6 Å². The van der Waals surface area contributed by atoms with Crippen LogP contribution >= 0.6 is 0 Å². The third-order valence-electron chi connectivity index (χ3n) is 7.90. The van der Waals surface area contributed by atoms with Gasteiger partial charge in [-0.1, -0.05) is 80.6 Å². The Morgan fingerprint density at radius 2 is 1.55 bits per heavy atom. The Balaban J connectivity index is 1.41. The van der Waals surface area contributed by atoms with Crippen LogP contribution in [0.3, 0.4) is 0 Å². The van der Waals surface area contributed by atoms with Crippen LogP contribution in [0, 0.1) is 6.92 Å². The second-order valence-corrected chi connectivity index (χ2v) is 10.5. The van der Waals surface area contributed by atoms with Gasteiger partial charge in [-0.05, 0) is 40.6 Å². The number of hydrogen-bond acceptors (Lipinski definition) is 3. The third-order valence-corrected chi connectivity index (χ3v) is 7.90. The molecule has 5 aromatic rings. The lowest BCUT2D eigenvalue weighted by atomic mass is 9.83.